The molecule has 3 rings (SSSR count). The molecule has 7 heteroatoms. The molecule has 0 aliphatic carbocycles. The van der Waals surface area contributed by atoms with Crippen molar-refractivity contribution in [3.63, 3.8) is 0 Å². The van der Waals surface area contributed by atoms with E-state index in [1.807, 2.05) is 24.3 Å². The van der Waals surface area contributed by atoms with Crippen LogP contribution in [0.3, 0.4) is 0 Å². The normalized spacial score (nSPS) is 13.9. The predicted molar refractivity (Wildman–Crippen MR) is 64.4 cm³/mol. The van der Waals surface area contributed by atoms with Gasteiger partial charge in [0.1, 0.15) is 12.4 Å². The Hall–Kier alpha value is -2.57. The fourth-order valence-electron chi connectivity index (χ4n) is 1.88. The van der Waals surface area contributed by atoms with Gasteiger partial charge in [-0.25, -0.2) is 0 Å². The second kappa shape index (κ2) is 4.02. The maximum absolute atomic E-state index is 12.3. The number of nitrogens with two attached hydrogens (primary N) is 1. The summed E-state index contributed by atoms with van der Waals surface area (Å²) in [5.74, 6) is 0.601. The van der Waals surface area contributed by atoms with Gasteiger partial charge in [-0.1, -0.05) is 12.1 Å². The molecule has 92 valence electrons. The second-order valence-electron chi connectivity index (χ2n) is 3.82. The summed E-state index contributed by atoms with van der Waals surface area (Å²) >= 11 is 0. The number of nitrogens with one attached hydrogen (secondary N) is 1. The van der Waals surface area contributed by atoms with E-state index in [-0.39, 0.29) is 17.7 Å². The van der Waals surface area contributed by atoms with Crippen molar-refractivity contribution in [2.45, 2.75) is 0 Å². The maximum atomic E-state index is 12.3. The molecule has 1 aromatic heterocycles. The molecule has 1 aliphatic heterocycles. The number of anilines is 2. The zero-order valence-electron chi connectivity index (χ0n) is 9.46. The lowest BCUT2D eigenvalue weighted by Gasteiger charge is -2.28. The van der Waals surface area contributed by atoms with Crippen LogP contribution < -0.4 is 15.4 Å². The minimum absolute atomic E-state index is 0.0555. The van der Waals surface area contributed by atoms with Crippen LogP contribution in [-0.4, -0.2) is 34.2 Å². The third-order valence-corrected chi connectivity index (χ3v) is 2.68. The highest BCUT2D eigenvalue weighted by Gasteiger charge is 2.26. The summed E-state index contributed by atoms with van der Waals surface area (Å²) in [5, 5.41) is 6.17. The van der Waals surface area contributed by atoms with Crippen LogP contribution >= 0.6 is 0 Å². The molecule has 1 aliphatic rings. The van der Waals surface area contributed by atoms with Gasteiger partial charge >= 0.3 is 0 Å². The molecular weight excluding hydrogens is 234 g/mol. The summed E-state index contributed by atoms with van der Waals surface area (Å²) in [7, 11) is 0. The van der Waals surface area contributed by atoms with E-state index in [1.54, 1.807) is 4.90 Å². The molecule has 0 spiro atoms. The first-order valence-corrected chi connectivity index (χ1v) is 5.47. The monoisotopic (exact) mass is 245 g/mol. The van der Waals surface area contributed by atoms with E-state index >= 15 is 0 Å². The Morgan fingerprint density at radius 2 is 2.28 bits per heavy atom. The number of nitrogens with zero attached hydrogens (tertiary/aromatic N) is 3. The maximum Gasteiger partial charge on any atom is 0.295 e. The Morgan fingerprint density at radius 3 is 3.06 bits per heavy atom. The van der Waals surface area contributed by atoms with Gasteiger partial charge < -0.3 is 10.5 Å². The average molecular weight is 245 g/mol. The zero-order chi connectivity index (χ0) is 12.5. The first-order valence-electron chi connectivity index (χ1n) is 5.47. The summed E-state index contributed by atoms with van der Waals surface area (Å²) < 4.78 is 5.48. The highest BCUT2D eigenvalue weighted by atomic mass is 16.5. The molecule has 0 radical (unpaired) electrons. The summed E-state index contributed by atoms with van der Waals surface area (Å²) in [4.78, 5) is 17.7. The van der Waals surface area contributed by atoms with Gasteiger partial charge in [-0.3, -0.25) is 14.8 Å². The number of ether oxygens (including phenoxy) is 1. The Labute approximate surface area is 103 Å². The van der Waals surface area contributed by atoms with Crippen molar-refractivity contribution >= 4 is 17.5 Å². The standard InChI is InChI=1S/C11H11N5O2/c12-11-13-9(14-15-11)10(17)16-5-6-18-8-4-2-1-3-7(8)16/h1-4H,5-6H2,(H3,12,13,14,15). The molecule has 0 bridgehead atoms. The van der Waals surface area contributed by atoms with Gasteiger partial charge in [0.15, 0.2) is 0 Å². The topological polar surface area (TPSA) is 97.1 Å². The number of para-hydroxylation sites is 2. The van der Waals surface area contributed by atoms with Gasteiger partial charge in [-0.2, -0.15) is 4.98 Å². The molecule has 0 saturated heterocycles. The minimum atomic E-state index is -0.269. The number of fused-ring (bicyclic) bond motifs is 1. The Morgan fingerprint density at radius 1 is 1.44 bits per heavy atom. The number of aromatic nitrogens is 3. The van der Waals surface area contributed by atoms with Crippen molar-refractivity contribution in [1.82, 2.24) is 15.2 Å². The smallest absolute Gasteiger partial charge is 0.295 e. The number of H-pyrrole nitrogens is 1. The second-order valence-corrected chi connectivity index (χ2v) is 3.82. The molecule has 2 heterocycles. The number of hydrogen-bond acceptors (Lipinski definition) is 5. The number of nitrogen functional groups attached to an aromatic ring is 1. The van der Waals surface area contributed by atoms with Crippen molar-refractivity contribution < 1.29 is 9.53 Å². The van der Waals surface area contributed by atoms with E-state index in [4.69, 9.17) is 10.5 Å². The van der Waals surface area contributed by atoms with Crippen LogP contribution in [0.2, 0.25) is 0 Å². The zero-order valence-corrected chi connectivity index (χ0v) is 9.46. The number of carbonyl (C=O) groups is 1. The van der Waals surface area contributed by atoms with Gasteiger partial charge in [0.2, 0.25) is 11.8 Å². The quantitative estimate of drug-likeness (QED) is 0.759. The molecule has 0 saturated carbocycles. The first kappa shape index (κ1) is 10.6. The molecule has 3 N–H and O–H groups in total. The molecule has 18 heavy (non-hydrogen) atoms. The van der Waals surface area contributed by atoms with E-state index in [2.05, 4.69) is 15.2 Å². The minimum Gasteiger partial charge on any atom is -0.490 e. The molecule has 7 nitrogen and oxygen atoms in total. The summed E-state index contributed by atoms with van der Waals surface area (Å²) in [6.45, 7) is 0.919. The van der Waals surface area contributed by atoms with Crippen LogP contribution in [0.1, 0.15) is 10.6 Å². The van der Waals surface area contributed by atoms with Crippen LogP contribution in [0.4, 0.5) is 11.6 Å². The average Bonchev–Trinajstić information content (AvgIpc) is 2.84. The van der Waals surface area contributed by atoms with Gasteiger partial charge in [-0.05, 0) is 12.1 Å². The largest absolute Gasteiger partial charge is 0.490 e. The molecule has 2 aromatic rings. The van der Waals surface area contributed by atoms with Crippen LogP contribution in [-0.2, 0) is 0 Å². The Bertz CT molecular complexity index is 595. The Balaban J connectivity index is 1.96. The van der Waals surface area contributed by atoms with E-state index in [1.165, 1.54) is 0 Å². The molecule has 1 aromatic carbocycles. The summed E-state index contributed by atoms with van der Waals surface area (Å²) in [5.41, 5.74) is 6.12. The molecule has 0 atom stereocenters. The van der Waals surface area contributed by atoms with E-state index in [9.17, 15) is 4.79 Å². The van der Waals surface area contributed by atoms with Crippen LogP contribution in [0.25, 0.3) is 0 Å². The molecule has 0 unspecified atom stereocenters. The number of rotatable bonds is 1. The molecular formula is C11H11N5O2. The van der Waals surface area contributed by atoms with Gasteiger partial charge in [-0.15, -0.1) is 5.10 Å². The first-order chi connectivity index (χ1) is 8.75. The SMILES string of the molecule is Nc1n[nH]c(C(=O)N2CCOc3ccccc32)n1. The number of hydrogen-bond donors (Lipinski definition) is 2. The molecule has 1 amide bonds. The third-order valence-electron chi connectivity index (χ3n) is 2.68. The van der Waals surface area contributed by atoms with Gasteiger partial charge in [0.25, 0.3) is 5.91 Å². The number of amides is 1. The fourth-order valence-corrected chi connectivity index (χ4v) is 1.88. The van der Waals surface area contributed by atoms with Crippen molar-refractivity contribution in [2.75, 3.05) is 23.8 Å². The fraction of sp³-hybridized carbons (Fsp3) is 0.182. The number of benzene rings is 1. The lowest BCUT2D eigenvalue weighted by atomic mass is 10.2. The lowest BCUT2D eigenvalue weighted by Crippen LogP contribution is -2.38. The lowest BCUT2D eigenvalue weighted by molar-refractivity contribution is 0.0967. The highest BCUT2D eigenvalue weighted by molar-refractivity contribution is 6.04. The molecule has 0 fully saturated rings. The van der Waals surface area contributed by atoms with E-state index < -0.39 is 0 Å². The van der Waals surface area contributed by atoms with Crippen molar-refractivity contribution in [3.8, 4) is 5.75 Å². The van der Waals surface area contributed by atoms with E-state index in [0.29, 0.717) is 18.9 Å². The van der Waals surface area contributed by atoms with Crippen molar-refractivity contribution in [1.29, 1.82) is 0 Å². The van der Waals surface area contributed by atoms with Gasteiger partial charge in [0.05, 0.1) is 12.2 Å². The predicted octanol–water partition coefficient (Wildman–Crippen LogP) is 0.426. The van der Waals surface area contributed by atoms with E-state index in [0.717, 1.165) is 5.69 Å². The summed E-state index contributed by atoms with van der Waals surface area (Å²) in [6, 6.07) is 7.36. The van der Waals surface area contributed by atoms with Crippen LogP contribution in [0.15, 0.2) is 24.3 Å². The van der Waals surface area contributed by atoms with Gasteiger partial charge in [0, 0.05) is 0 Å². The van der Waals surface area contributed by atoms with Crippen LogP contribution in [0.5, 0.6) is 5.75 Å². The van der Waals surface area contributed by atoms with Crippen LogP contribution in [0, 0.1) is 0 Å². The highest BCUT2D eigenvalue weighted by Crippen LogP contribution is 2.31. The third kappa shape index (κ3) is 1.65. The number of carbonyl (C=O) groups excluding carboxylic acids is 1. The summed E-state index contributed by atoms with van der Waals surface area (Å²) in [6.07, 6.45) is 0. The number of aromatic amines is 1. The Kier molecular flexibility index (Phi) is 2.36. The van der Waals surface area contributed by atoms with Crippen molar-refractivity contribution in [3.05, 3.63) is 30.1 Å². The van der Waals surface area contributed by atoms with Crippen molar-refractivity contribution in [2.24, 2.45) is 0 Å².